The summed E-state index contributed by atoms with van der Waals surface area (Å²) >= 11 is 5.97. The number of halogens is 1. The van der Waals surface area contributed by atoms with Crippen LogP contribution in [0.4, 0.5) is 11.4 Å². The Morgan fingerprint density at radius 1 is 1.10 bits per heavy atom. The van der Waals surface area contributed by atoms with Crippen molar-refractivity contribution in [2.45, 2.75) is 32.0 Å². The maximum Gasteiger partial charge on any atom is 0.269 e. The minimum Gasteiger partial charge on any atom is -0.277 e. The zero-order valence-corrected chi connectivity index (χ0v) is 16.4. The summed E-state index contributed by atoms with van der Waals surface area (Å²) in [5.41, 5.74) is 1.02. The van der Waals surface area contributed by atoms with Gasteiger partial charge in [-0.15, -0.1) is 0 Å². The van der Waals surface area contributed by atoms with E-state index in [9.17, 15) is 19.7 Å². The topological polar surface area (TPSA) is 93.0 Å². The normalized spacial score (nSPS) is 23.8. The van der Waals surface area contributed by atoms with E-state index in [1.165, 1.54) is 22.1 Å². The van der Waals surface area contributed by atoms with Crippen molar-refractivity contribution in [2.75, 3.05) is 5.06 Å². The molecule has 4 rings (SSSR count). The van der Waals surface area contributed by atoms with Crippen molar-refractivity contribution < 1.29 is 19.3 Å². The Morgan fingerprint density at radius 2 is 1.79 bits per heavy atom. The molecule has 2 aliphatic rings. The van der Waals surface area contributed by atoms with Gasteiger partial charge in [0.1, 0.15) is 5.92 Å². The predicted octanol–water partition coefficient (Wildman–Crippen LogP) is 3.50. The number of imide groups is 1. The summed E-state index contributed by atoms with van der Waals surface area (Å²) in [6.45, 7) is 3.52. The maximum atomic E-state index is 13.1. The molecule has 0 aromatic heterocycles. The standard InChI is InChI=1S/C20H18ClN3O5/c1-11(2)22-19(25)16-17(12-4-3-5-15(10-12)24(27)28)23(29-18(16)20(22)26)14-8-6-13(21)7-9-14/h3-11,16-18H,1-2H3/t16-,17+,18+/m0/s1. The van der Waals surface area contributed by atoms with Gasteiger partial charge in [-0.3, -0.25) is 29.4 Å². The highest BCUT2D eigenvalue weighted by molar-refractivity contribution is 6.30. The first-order valence-electron chi connectivity index (χ1n) is 9.12. The minimum atomic E-state index is -0.982. The number of likely N-dealkylation sites (tertiary alicyclic amines) is 1. The number of hydrogen-bond donors (Lipinski definition) is 0. The first-order valence-corrected chi connectivity index (χ1v) is 9.50. The van der Waals surface area contributed by atoms with Crippen LogP contribution in [0.3, 0.4) is 0 Å². The van der Waals surface area contributed by atoms with E-state index in [4.69, 9.17) is 16.4 Å². The Labute approximate surface area is 171 Å². The predicted molar refractivity (Wildman–Crippen MR) is 105 cm³/mol. The van der Waals surface area contributed by atoms with E-state index < -0.39 is 28.9 Å². The van der Waals surface area contributed by atoms with E-state index in [-0.39, 0.29) is 17.6 Å². The van der Waals surface area contributed by atoms with Crippen molar-refractivity contribution in [2.24, 2.45) is 5.92 Å². The fraction of sp³-hybridized carbons (Fsp3) is 0.300. The summed E-state index contributed by atoms with van der Waals surface area (Å²) in [5.74, 6) is -1.55. The molecular weight excluding hydrogens is 398 g/mol. The van der Waals surface area contributed by atoms with Crippen molar-refractivity contribution >= 4 is 34.8 Å². The lowest BCUT2D eigenvalue weighted by molar-refractivity contribution is -0.384. The second kappa shape index (κ2) is 7.13. The van der Waals surface area contributed by atoms with Gasteiger partial charge in [-0.05, 0) is 43.7 Å². The number of nitro groups is 1. The van der Waals surface area contributed by atoms with Gasteiger partial charge in [0.2, 0.25) is 5.91 Å². The summed E-state index contributed by atoms with van der Waals surface area (Å²) in [6, 6.07) is 11.8. The lowest BCUT2D eigenvalue weighted by Crippen LogP contribution is -2.41. The molecule has 2 aromatic rings. The first kappa shape index (κ1) is 19.4. The van der Waals surface area contributed by atoms with Crippen molar-refractivity contribution in [3.8, 4) is 0 Å². The van der Waals surface area contributed by atoms with Crippen molar-refractivity contribution in [3.63, 3.8) is 0 Å². The van der Waals surface area contributed by atoms with Gasteiger partial charge < -0.3 is 0 Å². The molecule has 2 amide bonds. The third kappa shape index (κ3) is 3.14. The number of nitrogens with zero attached hydrogens (tertiary/aromatic N) is 3. The van der Waals surface area contributed by atoms with Crippen LogP contribution in [-0.2, 0) is 14.4 Å². The molecule has 0 saturated carbocycles. The number of carbonyl (C=O) groups is 2. The monoisotopic (exact) mass is 415 g/mol. The fourth-order valence-electron chi connectivity index (χ4n) is 3.92. The number of anilines is 1. The average Bonchev–Trinajstić information content (AvgIpc) is 3.19. The molecule has 0 spiro atoms. The van der Waals surface area contributed by atoms with Crippen LogP contribution in [0.1, 0.15) is 25.5 Å². The van der Waals surface area contributed by atoms with Crippen molar-refractivity contribution in [1.29, 1.82) is 0 Å². The van der Waals surface area contributed by atoms with Gasteiger partial charge in [0.05, 0.1) is 16.7 Å². The highest BCUT2D eigenvalue weighted by Gasteiger charge is 2.60. The van der Waals surface area contributed by atoms with Gasteiger partial charge in [0.15, 0.2) is 6.10 Å². The fourth-order valence-corrected chi connectivity index (χ4v) is 4.04. The molecule has 150 valence electrons. The Hall–Kier alpha value is -2.97. The van der Waals surface area contributed by atoms with Crippen LogP contribution >= 0.6 is 11.6 Å². The molecule has 29 heavy (non-hydrogen) atoms. The van der Waals surface area contributed by atoms with Crippen molar-refractivity contribution in [1.82, 2.24) is 4.90 Å². The highest BCUT2D eigenvalue weighted by Crippen LogP contribution is 2.47. The van der Waals surface area contributed by atoms with E-state index in [1.807, 2.05) is 0 Å². The molecule has 2 aromatic carbocycles. The first-order chi connectivity index (χ1) is 13.8. The van der Waals surface area contributed by atoms with Crippen LogP contribution in [-0.4, -0.2) is 33.8 Å². The average molecular weight is 416 g/mol. The van der Waals surface area contributed by atoms with Gasteiger partial charge in [-0.2, -0.15) is 0 Å². The van der Waals surface area contributed by atoms with Crippen LogP contribution in [0.2, 0.25) is 5.02 Å². The Bertz CT molecular complexity index is 994. The molecule has 2 aliphatic heterocycles. The third-order valence-electron chi connectivity index (χ3n) is 5.17. The number of hydroxylamine groups is 1. The SMILES string of the molecule is CC(C)N1C(=O)[C@H]2[C@@H](c3cccc([N+](=O)[O-])c3)N(c3ccc(Cl)cc3)O[C@H]2C1=O. The highest BCUT2D eigenvalue weighted by atomic mass is 35.5. The molecule has 2 saturated heterocycles. The van der Waals surface area contributed by atoms with Crippen molar-refractivity contribution in [3.05, 3.63) is 69.2 Å². The molecule has 9 heteroatoms. The summed E-state index contributed by atoms with van der Waals surface area (Å²) in [4.78, 5) is 43.9. The molecule has 0 N–H and O–H groups in total. The second-order valence-corrected chi connectivity index (χ2v) is 7.73. The van der Waals surface area contributed by atoms with E-state index in [2.05, 4.69) is 0 Å². The molecule has 2 heterocycles. The number of benzene rings is 2. The summed E-state index contributed by atoms with van der Waals surface area (Å²) < 4.78 is 0. The minimum absolute atomic E-state index is 0.0977. The second-order valence-electron chi connectivity index (χ2n) is 7.29. The van der Waals surface area contributed by atoms with Gasteiger partial charge in [-0.1, -0.05) is 23.7 Å². The Balaban J connectivity index is 1.82. The number of non-ortho nitro benzene ring substituents is 1. The van der Waals surface area contributed by atoms with E-state index in [0.717, 1.165) is 0 Å². The number of amides is 2. The summed E-state index contributed by atoms with van der Waals surface area (Å²) in [5, 5.41) is 13.3. The molecule has 2 fully saturated rings. The van der Waals surface area contributed by atoms with Gasteiger partial charge in [0, 0.05) is 23.2 Å². The largest absolute Gasteiger partial charge is 0.277 e. The number of carbonyl (C=O) groups excluding carboxylic acids is 2. The number of rotatable bonds is 4. The van der Waals surface area contributed by atoms with Gasteiger partial charge in [-0.25, -0.2) is 5.06 Å². The molecular formula is C20H18ClN3O5. The number of hydrogen-bond acceptors (Lipinski definition) is 6. The third-order valence-corrected chi connectivity index (χ3v) is 5.42. The molecule has 8 nitrogen and oxygen atoms in total. The Morgan fingerprint density at radius 3 is 2.41 bits per heavy atom. The lowest BCUT2D eigenvalue weighted by Gasteiger charge is -2.29. The zero-order chi connectivity index (χ0) is 20.9. The van der Waals surface area contributed by atoms with Crippen LogP contribution in [0.15, 0.2) is 48.5 Å². The van der Waals surface area contributed by atoms with Gasteiger partial charge >= 0.3 is 0 Å². The van der Waals surface area contributed by atoms with Crippen LogP contribution in [0, 0.1) is 16.0 Å². The molecule has 3 atom stereocenters. The van der Waals surface area contributed by atoms with Crippen LogP contribution in [0.5, 0.6) is 0 Å². The summed E-state index contributed by atoms with van der Waals surface area (Å²) in [7, 11) is 0. The number of nitro benzene ring substituents is 1. The summed E-state index contributed by atoms with van der Waals surface area (Å²) in [6.07, 6.45) is -0.982. The van der Waals surface area contributed by atoms with E-state index >= 15 is 0 Å². The zero-order valence-electron chi connectivity index (χ0n) is 15.7. The van der Waals surface area contributed by atoms with E-state index in [1.54, 1.807) is 50.2 Å². The van der Waals surface area contributed by atoms with Gasteiger partial charge in [0.25, 0.3) is 11.6 Å². The number of fused-ring (bicyclic) bond motifs is 1. The molecule has 0 radical (unpaired) electrons. The molecule has 0 bridgehead atoms. The van der Waals surface area contributed by atoms with Crippen LogP contribution < -0.4 is 5.06 Å². The maximum absolute atomic E-state index is 13.1. The quantitative estimate of drug-likeness (QED) is 0.431. The molecule has 0 aliphatic carbocycles. The Kier molecular flexibility index (Phi) is 4.76. The molecule has 0 unspecified atom stereocenters. The van der Waals surface area contributed by atoms with E-state index in [0.29, 0.717) is 16.3 Å². The lowest BCUT2D eigenvalue weighted by atomic mass is 9.90. The smallest absolute Gasteiger partial charge is 0.269 e. The van der Waals surface area contributed by atoms with Crippen LogP contribution in [0.25, 0.3) is 0 Å².